The van der Waals surface area contributed by atoms with Crippen molar-refractivity contribution >= 4 is 16.8 Å². The second kappa shape index (κ2) is 8.87. The number of nitrogens with two attached hydrogens (primary N) is 1. The van der Waals surface area contributed by atoms with Crippen LogP contribution in [0.1, 0.15) is 46.3 Å². The Morgan fingerprint density at radius 2 is 2.15 bits per heavy atom. The molecule has 1 aliphatic heterocycles. The molecule has 6 nitrogen and oxygen atoms in total. The standard InChI is InChI=1S/C26H27FN4O2/c27-23-7-6-20(26(29)32)22-11-19(15-33-25(22)23)31(14-16-3-4-16)9-1-2-18-13-30-24-8-5-17(12-28)10-21(18)24/h5-8,10,13,16,19,30H,1-4,9,11,14-15H2,(H2,29,32)/t19-/m0/s1. The van der Waals surface area contributed by atoms with Gasteiger partial charge in [-0.3, -0.25) is 9.69 Å². The molecule has 0 bridgehead atoms. The first-order valence-corrected chi connectivity index (χ1v) is 11.5. The van der Waals surface area contributed by atoms with Gasteiger partial charge in [-0.15, -0.1) is 0 Å². The van der Waals surface area contributed by atoms with E-state index >= 15 is 0 Å². The first-order chi connectivity index (χ1) is 16.0. The number of nitrogens with zero attached hydrogens (tertiary/aromatic N) is 2. The molecule has 2 aromatic carbocycles. The van der Waals surface area contributed by atoms with Gasteiger partial charge in [0.05, 0.1) is 11.6 Å². The number of amides is 1. The number of nitriles is 1. The van der Waals surface area contributed by atoms with Crippen molar-refractivity contribution < 1.29 is 13.9 Å². The van der Waals surface area contributed by atoms with Crippen LogP contribution in [0.15, 0.2) is 36.5 Å². The Labute approximate surface area is 192 Å². The molecule has 0 saturated heterocycles. The molecule has 1 atom stereocenters. The molecule has 3 N–H and O–H groups in total. The fraction of sp³-hybridized carbons (Fsp3) is 0.385. The zero-order chi connectivity index (χ0) is 22.9. The van der Waals surface area contributed by atoms with Crippen LogP contribution in [0.4, 0.5) is 4.39 Å². The van der Waals surface area contributed by atoms with Gasteiger partial charge in [0.2, 0.25) is 5.91 Å². The van der Waals surface area contributed by atoms with Crippen LogP contribution >= 0.6 is 0 Å². The van der Waals surface area contributed by atoms with E-state index in [4.69, 9.17) is 10.5 Å². The number of H-pyrrole nitrogens is 1. The smallest absolute Gasteiger partial charge is 0.249 e. The fourth-order valence-corrected chi connectivity index (χ4v) is 4.88. The Morgan fingerprint density at radius 1 is 1.30 bits per heavy atom. The second-order valence-corrected chi connectivity index (χ2v) is 9.16. The van der Waals surface area contributed by atoms with Gasteiger partial charge in [-0.25, -0.2) is 4.39 Å². The maximum absolute atomic E-state index is 14.3. The molecule has 5 rings (SSSR count). The minimum atomic E-state index is -0.555. The first-order valence-electron chi connectivity index (χ1n) is 11.5. The van der Waals surface area contributed by atoms with Crippen molar-refractivity contribution in [1.82, 2.24) is 9.88 Å². The molecular weight excluding hydrogens is 419 g/mol. The van der Waals surface area contributed by atoms with Gasteiger partial charge in [0.25, 0.3) is 0 Å². The summed E-state index contributed by atoms with van der Waals surface area (Å²) < 4.78 is 20.1. The van der Waals surface area contributed by atoms with Gasteiger partial charge in [-0.2, -0.15) is 5.26 Å². The molecule has 1 saturated carbocycles. The molecule has 170 valence electrons. The molecule has 7 heteroatoms. The monoisotopic (exact) mass is 446 g/mol. The second-order valence-electron chi connectivity index (χ2n) is 9.16. The van der Waals surface area contributed by atoms with Crippen LogP contribution in [-0.4, -0.2) is 41.5 Å². The number of fused-ring (bicyclic) bond motifs is 2. The molecular formula is C26H27FN4O2. The van der Waals surface area contributed by atoms with Crippen molar-refractivity contribution in [3.8, 4) is 11.8 Å². The summed E-state index contributed by atoms with van der Waals surface area (Å²) in [6.45, 7) is 2.26. The van der Waals surface area contributed by atoms with E-state index in [2.05, 4.69) is 16.0 Å². The molecule has 2 aliphatic rings. The number of ether oxygens (including phenoxy) is 1. The number of nitrogens with one attached hydrogen (secondary N) is 1. The van der Waals surface area contributed by atoms with E-state index in [0.717, 1.165) is 36.8 Å². The Hall–Kier alpha value is -3.37. The average Bonchev–Trinajstić information content (AvgIpc) is 3.56. The molecule has 1 aromatic heterocycles. The maximum atomic E-state index is 14.3. The molecule has 0 unspecified atom stereocenters. The molecule has 3 aromatic rings. The number of benzene rings is 2. The number of halogens is 1. The normalized spacial score (nSPS) is 17.5. The van der Waals surface area contributed by atoms with E-state index in [1.165, 1.54) is 30.5 Å². The number of aromatic nitrogens is 1. The van der Waals surface area contributed by atoms with Crippen LogP contribution in [0, 0.1) is 23.1 Å². The summed E-state index contributed by atoms with van der Waals surface area (Å²) in [7, 11) is 0. The van der Waals surface area contributed by atoms with Crippen LogP contribution in [0.3, 0.4) is 0 Å². The third-order valence-electron chi connectivity index (χ3n) is 6.83. The van der Waals surface area contributed by atoms with Crippen LogP contribution in [0.25, 0.3) is 10.9 Å². The van der Waals surface area contributed by atoms with Crippen LogP contribution in [-0.2, 0) is 12.8 Å². The highest BCUT2D eigenvalue weighted by molar-refractivity contribution is 5.95. The number of rotatable bonds is 8. The van der Waals surface area contributed by atoms with Gasteiger partial charge in [-0.1, -0.05) is 0 Å². The summed E-state index contributed by atoms with van der Waals surface area (Å²) in [5.41, 5.74) is 9.38. The molecule has 0 spiro atoms. The van der Waals surface area contributed by atoms with E-state index < -0.39 is 11.7 Å². The minimum Gasteiger partial charge on any atom is -0.489 e. The average molecular weight is 447 g/mol. The quantitative estimate of drug-likeness (QED) is 0.548. The summed E-state index contributed by atoms with van der Waals surface area (Å²) in [5, 5.41) is 10.3. The molecule has 33 heavy (non-hydrogen) atoms. The van der Waals surface area contributed by atoms with E-state index in [-0.39, 0.29) is 11.8 Å². The fourth-order valence-electron chi connectivity index (χ4n) is 4.88. The summed E-state index contributed by atoms with van der Waals surface area (Å²) >= 11 is 0. The van der Waals surface area contributed by atoms with Crippen molar-refractivity contribution in [1.29, 1.82) is 5.26 Å². The molecule has 0 radical (unpaired) electrons. The lowest BCUT2D eigenvalue weighted by atomic mass is 9.95. The van der Waals surface area contributed by atoms with Crippen LogP contribution in [0.2, 0.25) is 0 Å². The van der Waals surface area contributed by atoms with Gasteiger partial charge in [-0.05, 0) is 80.5 Å². The highest BCUT2D eigenvalue weighted by atomic mass is 19.1. The lowest BCUT2D eigenvalue weighted by Gasteiger charge is -2.36. The molecule has 2 heterocycles. The number of carbonyl (C=O) groups excluding carboxylic acids is 1. The minimum absolute atomic E-state index is 0.0751. The number of aromatic amines is 1. The Kier molecular flexibility index (Phi) is 5.77. The summed E-state index contributed by atoms with van der Waals surface area (Å²) in [6, 6.07) is 10.7. The van der Waals surface area contributed by atoms with Crippen molar-refractivity contribution in [2.45, 2.75) is 38.1 Å². The largest absolute Gasteiger partial charge is 0.489 e. The van der Waals surface area contributed by atoms with Gasteiger partial charge >= 0.3 is 0 Å². The van der Waals surface area contributed by atoms with E-state index in [9.17, 15) is 14.4 Å². The molecule has 1 aliphatic carbocycles. The Morgan fingerprint density at radius 3 is 2.91 bits per heavy atom. The van der Waals surface area contributed by atoms with Gasteiger partial charge in [0.1, 0.15) is 6.61 Å². The maximum Gasteiger partial charge on any atom is 0.249 e. The van der Waals surface area contributed by atoms with Gasteiger partial charge in [0.15, 0.2) is 11.6 Å². The summed E-state index contributed by atoms with van der Waals surface area (Å²) in [6.07, 6.45) is 6.89. The van der Waals surface area contributed by atoms with Crippen molar-refractivity contribution in [2.75, 3.05) is 19.7 Å². The number of hydrogen-bond acceptors (Lipinski definition) is 4. The highest BCUT2D eigenvalue weighted by Crippen LogP contribution is 2.35. The van der Waals surface area contributed by atoms with E-state index in [1.807, 2.05) is 24.4 Å². The van der Waals surface area contributed by atoms with Crippen molar-refractivity contribution in [3.63, 3.8) is 0 Å². The summed E-state index contributed by atoms with van der Waals surface area (Å²) in [4.78, 5) is 17.6. The SMILES string of the molecule is N#Cc1ccc2[nH]cc(CCCN(CC3CC3)[C@@H]3COc4c(F)ccc(C(N)=O)c4C3)c2c1. The predicted octanol–water partition coefficient (Wildman–Crippen LogP) is 3.93. The molecule has 1 amide bonds. The third kappa shape index (κ3) is 4.44. The number of primary amides is 1. The van der Waals surface area contributed by atoms with E-state index in [1.54, 1.807) is 0 Å². The topological polar surface area (TPSA) is 95.1 Å². The van der Waals surface area contributed by atoms with Gasteiger partial charge < -0.3 is 15.5 Å². The lowest BCUT2D eigenvalue weighted by Crippen LogP contribution is -2.45. The number of carbonyl (C=O) groups is 1. The molecule has 1 fully saturated rings. The van der Waals surface area contributed by atoms with Crippen LogP contribution in [0.5, 0.6) is 5.75 Å². The number of aryl methyl sites for hydroxylation is 1. The van der Waals surface area contributed by atoms with Crippen LogP contribution < -0.4 is 10.5 Å². The number of hydrogen-bond donors (Lipinski definition) is 2. The first kappa shape index (κ1) is 21.5. The lowest BCUT2D eigenvalue weighted by molar-refractivity contribution is 0.0980. The predicted molar refractivity (Wildman–Crippen MR) is 124 cm³/mol. The van der Waals surface area contributed by atoms with Gasteiger partial charge in [0, 0.05) is 40.8 Å². The van der Waals surface area contributed by atoms with Crippen molar-refractivity contribution in [2.24, 2.45) is 11.7 Å². The van der Waals surface area contributed by atoms with E-state index in [0.29, 0.717) is 35.6 Å². The zero-order valence-corrected chi connectivity index (χ0v) is 18.4. The highest BCUT2D eigenvalue weighted by Gasteiger charge is 2.33. The summed E-state index contributed by atoms with van der Waals surface area (Å²) in [5.74, 6) is -0.139. The van der Waals surface area contributed by atoms with Crippen molar-refractivity contribution in [3.05, 3.63) is 64.6 Å². The third-order valence-corrected chi connectivity index (χ3v) is 6.83. The Bertz CT molecular complexity index is 1240. The zero-order valence-electron chi connectivity index (χ0n) is 18.4. The Balaban J connectivity index is 1.31.